The van der Waals surface area contributed by atoms with Crippen LogP contribution in [0.5, 0.6) is 0 Å². The van der Waals surface area contributed by atoms with Gasteiger partial charge in [-0.2, -0.15) is 5.06 Å². The maximum absolute atomic E-state index is 13.6. The molecule has 0 aliphatic carbocycles. The fraction of sp³-hybridized carbons (Fsp3) is 0.241. The molecule has 2 saturated heterocycles. The van der Waals surface area contributed by atoms with Crippen LogP contribution >= 0.6 is 11.8 Å². The van der Waals surface area contributed by atoms with Gasteiger partial charge in [0, 0.05) is 23.4 Å². The average Bonchev–Trinajstić information content (AvgIpc) is 3.52. The quantitative estimate of drug-likeness (QED) is 0.211. The van der Waals surface area contributed by atoms with E-state index in [9.17, 15) is 29.3 Å². The zero-order valence-electron chi connectivity index (χ0n) is 22.0. The number of nitrogens with one attached hydrogen (secondary N) is 1. The molecule has 2 unspecified atom stereocenters. The predicted molar refractivity (Wildman–Crippen MR) is 147 cm³/mol. The van der Waals surface area contributed by atoms with Crippen molar-refractivity contribution in [1.82, 2.24) is 10.4 Å². The molecule has 0 spiro atoms. The number of thioether (sulfide) groups is 1. The zero-order valence-corrected chi connectivity index (χ0v) is 22.9. The molecule has 2 amide bonds. The molecule has 2 fully saturated rings. The van der Waals surface area contributed by atoms with Crippen molar-refractivity contribution in [2.24, 2.45) is 0 Å². The summed E-state index contributed by atoms with van der Waals surface area (Å²) in [5.74, 6) is -3.01. The van der Waals surface area contributed by atoms with Crippen LogP contribution in [0.15, 0.2) is 89.8 Å². The highest BCUT2D eigenvalue weighted by Gasteiger charge is 2.63. The summed E-state index contributed by atoms with van der Waals surface area (Å²) in [6, 6.07) is 22.2. The molecule has 0 bridgehead atoms. The number of amides is 2. The van der Waals surface area contributed by atoms with Gasteiger partial charge in [-0.25, -0.2) is 4.79 Å². The number of hydrogen-bond donors (Lipinski definition) is 1. The third-order valence-corrected chi connectivity index (χ3v) is 7.78. The lowest BCUT2D eigenvalue weighted by atomic mass is 10.1. The molecule has 2 aliphatic heterocycles. The third-order valence-electron chi connectivity index (χ3n) is 6.59. The van der Waals surface area contributed by atoms with Crippen molar-refractivity contribution in [2.45, 2.75) is 41.4 Å². The zero-order chi connectivity index (χ0) is 29.7. The standard InChI is InChI=1S/C29H25N3O9S/c33-25(15-19-7-3-1-4-8-19)30-23-18-40-31(26(23)34)29(16-24(27(35)41-29)42-22-9-5-2-6-10-22)28(36)39-17-20-11-13-21(14-12-20)32(37)38/h1-14,23-24H,15-18H2,(H,30,33)/t23-,24?,29?/m0/s1. The van der Waals surface area contributed by atoms with Crippen LogP contribution < -0.4 is 5.32 Å². The largest absolute Gasteiger partial charge is 0.456 e. The number of benzene rings is 3. The molecule has 0 saturated carbocycles. The Hall–Kier alpha value is -4.75. The molecule has 42 heavy (non-hydrogen) atoms. The second kappa shape index (κ2) is 12.4. The first-order valence-corrected chi connectivity index (χ1v) is 13.8. The van der Waals surface area contributed by atoms with Gasteiger partial charge in [-0.3, -0.25) is 29.3 Å². The van der Waals surface area contributed by atoms with Crippen molar-refractivity contribution < 1.29 is 38.4 Å². The Morgan fingerprint density at radius 2 is 1.67 bits per heavy atom. The summed E-state index contributed by atoms with van der Waals surface area (Å²) in [5.41, 5.74) is -1.21. The van der Waals surface area contributed by atoms with Gasteiger partial charge in [0.25, 0.3) is 11.6 Å². The number of non-ortho nitro benzene ring substituents is 1. The first-order chi connectivity index (χ1) is 20.2. The number of cyclic esters (lactones) is 1. The van der Waals surface area contributed by atoms with Gasteiger partial charge in [0.2, 0.25) is 5.91 Å². The fourth-order valence-electron chi connectivity index (χ4n) is 4.51. The van der Waals surface area contributed by atoms with Crippen LogP contribution in [-0.4, -0.2) is 57.4 Å². The minimum Gasteiger partial charge on any atom is -0.456 e. The van der Waals surface area contributed by atoms with Crippen molar-refractivity contribution in [3.8, 4) is 0 Å². The Kier molecular flexibility index (Phi) is 8.50. The van der Waals surface area contributed by atoms with Gasteiger partial charge >= 0.3 is 17.7 Å². The first kappa shape index (κ1) is 28.8. The van der Waals surface area contributed by atoms with Crippen LogP contribution in [0.1, 0.15) is 17.5 Å². The SMILES string of the molecule is O=C(Cc1ccccc1)N[C@H]1CON(C2(C(=O)OCc3ccc([N+](=O)[O-])cc3)CC(Sc3ccccc3)C(=O)O2)C1=O. The van der Waals surface area contributed by atoms with Crippen molar-refractivity contribution in [3.05, 3.63) is 106 Å². The molecule has 0 radical (unpaired) electrons. The van der Waals surface area contributed by atoms with E-state index in [0.29, 0.717) is 10.6 Å². The summed E-state index contributed by atoms with van der Waals surface area (Å²) in [4.78, 5) is 69.4. The average molecular weight is 592 g/mol. The smallest absolute Gasteiger partial charge is 0.375 e. The van der Waals surface area contributed by atoms with Crippen LogP contribution in [0.25, 0.3) is 0 Å². The number of esters is 2. The van der Waals surface area contributed by atoms with Crippen LogP contribution in [0.4, 0.5) is 5.69 Å². The second-order valence-corrected chi connectivity index (χ2v) is 10.8. The number of ether oxygens (including phenoxy) is 2. The minimum atomic E-state index is -2.25. The van der Waals surface area contributed by atoms with Gasteiger partial charge < -0.3 is 14.8 Å². The Bertz CT molecular complexity index is 1490. The molecule has 12 nitrogen and oxygen atoms in total. The maximum Gasteiger partial charge on any atom is 0.375 e. The molecule has 0 aromatic heterocycles. The van der Waals surface area contributed by atoms with Crippen molar-refractivity contribution in [3.63, 3.8) is 0 Å². The predicted octanol–water partition coefficient (Wildman–Crippen LogP) is 2.94. The lowest BCUT2D eigenvalue weighted by molar-refractivity contribution is -0.384. The molecular formula is C29H25N3O9S. The summed E-state index contributed by atoms with van der Waals surface area (Å²) in [7, 11) is 0. The van der Waals surface area contributed by atoms with E-state index in [1.165, 1.54) is 24.3 Å². The summed E-state index contributed by atoms with van der Waals surface area (Å²) in [5, 5.41) is 13.4. The van der Waals surface area contributed by atoms with E-state index in [-0.39, 0.29) is 31.7 Å². The van der Waals surface area contributed by atoms with E-state index in [1.54, 1.807) is 48.5 Å². The Morgan fingerprint density at radius 1 is 1.00 bits per heavy atom. The van der Waals surface area contributed by atoms with E-state index >= 15 is 0 Å². The van der Waals surface area contributed by atoms with Crippen molar-refractivity contribution >= 4 is 41.2 Å². The molecule has 2 aliphatic rings. The number of nitrogens with zero attached hydrogens (tertiary/aromatic N) is 2. The number of hydrogen-bond acceptors (Lipinski definition) is 10. The summed E-state index contributed by atoms with van der Waals surface area (Å²) in [6.45, 7) is -0.601. The Labute approximate surface area is 244 Å². The van der Waals surface area contributed by atoms with E-state index in [0.717, 1.165) is 22.2 Å². The Morgan fingerprint density at radius 3 is 2.33 bits per heavy atom. The van der Waals surface area contributed by atoms with E-state index < -0.39 is 45.7 Å². The third kappa shape index (κ3) is 6.26. The van der Waals surface area contributed by atoms with Crippen LogP contribution in [0.3, 0.4) is 0 Å². The van der Waals surface area contributed by atoms with Crippen molar-refractivity contribution in [1.29, 1.82) is 0 Å². The molecule has 3 aromatic rings. The van der Waals surface area contributed by atoms with Gasteiger partial charge in [-0.15, -0.1) is 11.8 Å². The summed E-state index contributed by atoms with van der Waals surface area (Å²) in [6.07, 6.45) is -0.251. The lowest BCUT2D eigenvalue weighted by Gasteiger charge is -2.32. The van der Waals surface area contributed by atoms with Gasteiger partial charge in [-0.05, 0) is 35.4 Å². The van der Waals surface area contributed by atoms with E-state index in [2.05, 4.69) is 5.32 Å². The monoisotopic (exact) mass is 591 g/mol. The number of hydroxylamine groups is 2. The maximum atomic E-state index is 13.6. The van der Waals surface area contributed by atoms with Gasteiger partial charge in [-0.1, -0.05) is 48.5 Å². The highest BCUT2D eigenvalue weighted by molar-refractivity contribution is 8.00. The van der Waals surface area contributed by atoms with Crippen LogP contribution in [0.2, 0.25) is 0 Å². The number of carbonyl (C=O) groups is 4. The fourth-order valence-corrected chi connectivity index (χ4v) is 5.60. The molecular weight excluding hydrogens is 566 g/mol. The highest BCUT2D eigenvalue weighted by Crippen LogP contribution is 2.42. The van der Waals surface area contributed by atoms with E-state index in [1.807, 2.05) is 12.1 Å². The summed E-state index contributed by atoms with van der Waals surface area (Å²) < 4.78 is 11.0. The normalized spacial score (nSPS) is 21.6. The topological polar surface area (TPSA) is 154 Å². The summed E-state index contributed by atoms with van der Waals surface area (Å²) >= 11 is 1.16. The minimum absolute atomic E-state index is 0.0256. The number of carbonyl (C=O) groups excluding carboxylic acids is 4. The molecule has 13 heteroatoms. The van der Waals surface area contributed by atoms with Crippen LogP contribution in [-0.2, 0) is 46.5 Å². The molecule has 1 N–H and O–H groups in total. The Balaban J connectivity index is 1.33. The molecule has 3 atom stereocenters. The molecule has 216 valence electrons. The van der Waals surface area contributed by atoms with Crippen molar-refractivity contribution in [2.75, 3.05) is 6.61 Å². The van der Waals surface area contributed by atoms with Gasteiger partial charge in [0.15, 0.2) is 0 Å². The first-order valence-electron chi connectivity index (χ1n) is 12.9. The van der Waals surface area contributed by atoms with Gasteiger partial charge in [0.1, 0.15) is 24.5 Å². The highest BCUT2D eigenvalue weighted by atomic mass is 32.2. The number of rotatable bonds is 10. The second-order valence-electron chi connectivity index (χ2n) is 9.54. The number of nitro benzene ring substituents is 1. The number of nitro groups is 1. The molecule has 5 rings (SSSR count). The van der Waals surface area contributed by atoms with E-state index in [4.69, 9.17) is 14.3 Å². The van der Waals surface area contributed by atoms with Crippen LogP contribution in [0, 0.1) is 10.1 Å². The lowest BCUT2D eigenvalue weighted by Crippen LogP contribution is -2.57. The van der Waals surface area contributed by atoms with Gasteiger partial charge in [0.05, 0.1) is 11.3 Å². The molecule has 2 heterocycles. The molecule has 3 aromatic carbocycles.